The van der Waals surface area contributed by atoms with E-state index in [-0.39, 0.29) is 0 Å². The molecule has 5 unspecified atom stereocenters. The van der Waals surface area contributed by atoms with E-state index in [2.05, 4.69) is 83.1 Å². The quantitative estimate of drug-likeness (QED) is 0.281. The number of rotatable bonds is 14. The van der Waals surface area contributed by atoms with Crippen LogP contribution in [0.25, 0.3) is 0 Å². The molecule has 0 aromatic heterocycles. The lowest BCUT2D eigenvalue weighted by molar-refractivity contribution is 0.0264. The smallest absolute Gasteiger partial charge is 0.0297 e. The molecule has 0 bridgehead atoms. The highest BCUT2D eigenvalue weighted by molar-refractivity contribution is 4.91. The first kappa shape index (κ1) is 27.0. The molecule has 0 N–H and O–H groups in total. The first-order valence-electron chi connectivity index (χ1n) is 12.3. The van der Waals surface area contributed by atoms with E-state index in [1.54, 1.807) is 0 Å². The minimum absolute atomic E-state index is 0.421. The largest absolute Gasteiger partial charge is 0.0651 e. The van der Waals surface area contributed by atoms with Crippen molar-refractivity contribution < 1.29 is 0 Å². The third-order valence-electron chi connectivity index (χ3n) is 8.77. The lowest BCUT2D eigenvalue weighted by Gasteiger charge is -2.47. The van der Waals surface area contributed by atoms with Crippen LogP contribution in [0, 0.1) is 46.3 Å². The van der Waals surface area contributed by atoms with Crippen molar-refractivity contribution in [3.8, 4) is 0 Å². The normalized spacial score (nSPS) is 19.8. The molecule has 0 fully saturated rings. The molecule has 5 atom stereocenters. The minimum atomic E-state index is 0.421. The van der Waals surface area contributed by atoms with Crippen LogP contribution in [0.3, 0.4) is 0 Å². The maximum absolute atomic E-state index is 2.63. The number of hydrogen-bond donors (Lipinski definition) is 0. The molecule has 0 heterocycles. The highest BCUT2D eigenvalue weighted by Crippen LogP contribution is 2.50. The molecular weight excluding hydrogens is 324 g/mol. The molecule has 0 amide bonds. The third kappa shape index (κ3) is 8.49. The molecule has 0 rings (SSSR count). The van der Waals surface area contributed by atoms with Crippen molar-refractivity contribution in [1.82, 2.24) is 0 Å². The Morgan fingerprint density at radius 2 is 1.26 bits per heavy atom. The Balaban J connectivity index is 5.62. The van der Waals surface area contributed by atoms with Gasteiger partial charge in [0, 0.05) is 0 Å². The van der Waals surface area contributed by atoms with Gasteiger partial charge in [0.25, 0.3) is 0 Å². The average molecular weight is 381 g/mol. The molecule has 0 saturated carbocycles. The zero-order chi connectivity index (χ0) is 21.4. The summed E-state index contributed by atoms with van der Waals surface area (Å²) in [5.41, 5.74) is 0.903. The Kier molecular flexibility index (Phi) is 11.9. The van der Waals surface area contributed by atoms with Crippen LogP contribution in [0.5, 0.6) is 0 Å². The summed E-state index contributed by atoms with van der Waals surface area (Å²) in [6.07, 6.45) is 9.60. The van der Waals surface area contributed by atoms with E-state index in [4.69, 9.17) is 0 Å². The van der Waals surface area contributed by atoms with Crippen molar-refractivity contribution >= 4 is 0 Å². The van der Waals surface area contributed by atoms with Crippen LogP contribution >= 0.6 is 0 Å². The van der Waals surface area contributed by atoms with Crippen LogP contribution in [-0.4, -0.2) is 0 Å². The Bertz CT molecular complexity index is 377. The zero-order valence-electron chi connectivity index (χ0n) is 21.4. The summed E-state index contributed by atoms with van der Waals surface area (Å²) in [6.45, 7) is 29.6. The summed E-state index contributed by atoms with van der Waals surface area (Å²) in [7, 11) is 0. The second-order valence-corrected chi connectivity index (χ2v) is 11.7. The summed E-state index contributed by atoms with van der Waals surface area (Å²) in [4.78, 5) is 0. The van der Waals surface area contributed by atoms with Crippen LogP contribution in [0.15, 0.2) is 0 Å². The lowest BCUT2D eigenvalue weighted by atomic mass is 9.58. The maximum Gasteiger partial charge on any atom is -0.0297 e. The van der Waals surface area contributed by atoms with E-state index in [1.807, 2.05) is 0 Å². The van der Waals surface area contributed by atoms with Gasteiger partial charge in [0.05, 0.1) is 0 Å². The Morgan fingerprint density at radius 3 is 1.67 bits per heavy atom. The van der Waals surface area contributed by atoms with Crippen LogP contribution in [-0.2, 0) is 0 Å². The van der Waals surface area contributed by atoms with Crippen molar-refractivity contribution in [3.63, 3.8) is 0 Å². The highest BCUT2D eigenvalue weighted by atomic mass is 14.5. The van der Waals surface area contributed by atoms with Gasteiger partial charge in [-0.25, -0.2) is 0 Å². The molecule has 0 nitrogen and oxygen atoms in total. The van der Waals surface area contributed by atoms with Gasteiger partial charge in [-0.15, -0.1) is 0 Å². The Labute approximate surface area is 174 Å². The van der Waals surface area contributed by atoms with E-state index < -0.39 is 0 Å². The molecule has 27 heavy (non-hydrogen) atoms. The van der Waals surface area contributed by atoms with E-state index in [0.717, 1.165) is 35.5 Å². The fourth-order valence-corrected chi connectivity index (χ4v) is 4.82. The molecule has 0 aliphatic carbocycles. The summed E-state index contributed by atoms with van der Waals surface area (Å²) >= 11 is 0. The average Bonchev–Trinajstić information content (AvgIpc) is 2.58. The molecule has 0 spiro atoms. The van der Waals surface area contributed by atoms with Gasteiger partial charge in [-0.05, 0) is 65.6 Å². The topological polar surface area (TPSA) is 0 Å². The van der Waals surface area contributed by atoms with Gasteiger partial charge in [0.2, 0.25) is 0 Å². The van der Waals surface area contributed by atoms with Gasteiger partial charge in [0.15, 0.2) is 0 Å². The molecule has 164 valence electrons. The van der Waals surface area contributed by atoms with Crippen molar-refractivity contribution in [2.75, 3.05) is 0 Å². The van der Waals surface area contributed by atoms with Crippen LogP contribution in [0.4, 0.5) is 0 Å². The van der Waals surface area contributed by atoms with E-state index in [0.29, 0.717) is 10.8 Å². The van der Waals surface area contributed by atoms with Crippen molar-refractivity contribution in [1.29, 1.82) is 0 Å². The SMILES string of the molecule is CCC(C)C(C)(CCCC(C)C)CC(CC(C)C(C)C)C(C)(C)C(C)CC. The van der Waals surface area contributed by atoms with Crippen LogP contribution in [0.2, 0.25) is 0 Å². The fourth-order valence-electron chi connectivity index (χ4n) is 4.82. The first-order valence-corrected chi connectivity index (χ1v) is 12.3. The predicted molar refractivity (Wildman–Crippen MR) is 126 cm³/mol. The lowest BCUT2D eigenvalue weighted by Crippen LogP contribution is -2.38. The molecule has 0 aromatic rings. The molecule has 0 radical (unpaired) electrons. The van der Waals surface area contributed by atoms with Gasteiger partial charge < -0.3 is 0 Å². The fraction of sp³-hybridized carbons (Fsp3) is 1.00. The van der Waals surface area contributed by atoms with Crippen molar-refractivity contribution in [2.24, 2.45) is 46.3 Å². The summed E-state index contributed by atoms with van der Waals surface area (Å²) in [5.74, 6) is 4.86. The molecule has 0 saturated heterocycles. The molecular formula is C27H56. The predicted octanol–water partition coefficient (Wildman–Crippen LogP) is 9.63. The standard InChI is InChI=1S/C27H56/c1-13-23(8)26(10,11)25(18-22(7)21(5)6)19-27(12,24(9)14-2)17-15-16-20(3)4/h20-25H,13-19H2,1-12H3. The van der Waals surface area contributed by atoms with Crippen LogP contribution in [0.1, 0.15) is 128 Å². The van der Waals surface area contributed by atoms with Crippen molar-refractivity contribution in [3.05, 3.63) is 0 Å². The summed E-state index contributed by atoms with van der Waals surface area (Å²) in [6, 6.07) is 0. The Hall–Kier alpha value is 0. The minimum Gasteiger partial charge on any atom is -0.0651 e. The number of hydrogen-bond acceptors (Lipinski definition) is 0. The highest BCUT2D eigenvalue weighted by Gasteiger charge is 2.41. The van der Waals surface area contributed by atoms with Gasteiger partial charge in [0.1, 0.15) is 0 Å². The van der Waals surface area contributed by atoms with Gasteiger partial charge in [-0.3, -0.25) is 0 Å². The van der Waals surface area contributed by atoms with Crippen LogP contribution < -0.4 is 0 Å². The summed E-state index contributed by atoms with van der Waals surface area (Å²) < 4.78 is 0. The van der Waals surface area contributed by atoms with E-state index in [9.17, 15) is 0 Å². The molecule has 0 aliphatic heterocycles. The third-order valence-corrected chi connectivity index (χ3v) is 8.77. The second kappa shape index (κ2) is 11.9. The van der Waals surface area contributed by atoms with Gasteiger partial charge >= 0.3 is 0 Å². The monoisotopic (exact) mass is 380 g/mol. The Morgan fingerprint density at radius 1 is 0.741 bits per heavy atom. The van der Waals surface area contributed by atoms with Gasteiger partial charge in [-0.2, -0.15) is 0 Å². The van der Waals surface area contributed by atoms with Crippen molar-refractivity contribution in [2.45, 2.75) is 128 Å². The molecule has 0 aliphatic rings. The summed E-state index contributed by atoms with van der Waals surface area (Å²) in [5, 5.41) is 0. The second-order valence-electron chi connectivity index (χ2n) is 11.7. The zero-order valence-corrected chi connectivity index (χ0v) is 21.4. The van der Waals surface area contributed by atoms with E-state index >= 15 is 0 Å². The first-order chi connectivity index (χ1) is 12.3. The maximum atomic E-state index is 2.63. The molecule has 0 aromatic carbocycles. The molecule has 0 heteroatoms. The van der Waals surface area contributed by atoms with Gasteiger partial charge in [-0.1, -0.05) is 109 Å². The van der Waals surface area contributed by atoms with E-state index in [1.165, 1.54) is 44.9 Å².